The summed E-state index contributed by atoms with van der Waals surface area (Å²) in [7, 11) is 1.41. The SMILES string of the molecule is CCOC(=O)CCOc1cccc(C(OC)=C2C(=O)N(C(C)=O)c3cc(F)ccc32)c1. The van der Waals surface area contributed by atoms with E-state index in [1.165, 1.54) is 26.2 Å². The second-order valence-corrected chi connectivity index (χ2v) is 6.66. The Hall–Kier alpha value is -3.68. The Labute approximate surface area is 179 Å². The largest absolute Gasteiger partial charge is 0.495 e. The van der Waals surface area contributed by atoms with Crippen LogP contribution in [0.3, 0.4) is 0 Å². The van der Waals surface area contributed by atoms with E-state index in [1.807, 2.05) is 0 Å². The predicted octanol–water partition coefficient (Wildman–Crippen LogP) is 3.57. The number of carbonyl (C=O) groups excluding carboxylic acids is 3. The van der Waals surface area contributed by atoms with Gasteiger partial charge in [0.1, 0.15) is 17.3 Å². The summed E-state index contributed by atoms with van der Waals surface area (Å²) in [5.41, 5.74) is 1.24. The van der Waals surface area contributed by atoms with Crippen molar-refractivity contribution in [3.63, 3.8) is 0 Å². The van der Waals surface area contributed by atoms with Crippen molar-refractivity contribution < 1.29 is 33.0 Å². The number of halogens is 1. The van der Waals surface area contributed by atoms with Gasteiger partial charge in [0, 0.05) is 18.1 Å². The summed E-state index contributed by atoms with van der Waals surface area (Å²) in [5.74, 6) is -1.36. The van der Waals surface area contributed by atoms with Gasteiger partial charge in [-0.3, -0.25) is 14.4 Å². The Morgan fingerprint density at radius 1 is 1.13 bits per heavy atom. The third-order valence-electron chi connectivity index (χ3n) is 4.61. The molecule has 7 nitrogen and oxygen atoms in total. The fraction of sp³-hybridized carbons (Fsp3) is 0.261. The van der Waals surface area contributed by atoms with Crippen LogP contribution in [-0.2, 0) is 23.9 Å². The highest BCUT2D eigenvalue weighted by Gasteiger charge is 2.38. The zero-order valence-corrected chi connectivity index (χ0v) is 17.4. The number of fused-ring (bicyclic) bond motifs is 1. The van der Waals surface area contributed by atoms with Crippen LogP contribution in [0.15, 0.2) is 42.5 Å². The van der Waals surface area contributed by atoms with Crippen LogP contribution in [0.25, 0.3) is 11.3 Å². The predicted molar refractivity (Wildman–Crippen MR) is 112 cm³/mol. The summed E-state index contributed by atoms with van der Waals surface area (Å²) < 4.78 is 29.8. The first-order chi connectivity index (χ1) is 14.9. The zero-order valence-electron chi connectivity index (χ0n) is 17.4. The quantitative estimate of drug-likeness (QED) is 0.382. The molecule has 0 fully saturated rings. The molecule has 0 bridgehead atoms. The van der Waals surface area contributed by atoms with Crippen LogP contribution in [0.4, 0.5) is 10.1 Å². The van der Waals surface area contributed by atoms with E-state index in [1.54, 1.807) is 31.2 Å². The molecule has 0 saturated carbocycles. The van der Waals surface area contributed by atoms with Crippen LogP contribution in [0, 0.1) is 5.82 Å². The summed E-state index contributed by atoms with van der Waals surface area (Å²) >= 11 is 0. The van der Waals surface area contributed by atoms with Gasteiger partial charge in [-0.15, -0.1) is 0 Å². The molecule has 1 aliphatic rings. The standard InChI is InChI=1S/C23H22FNO6/c1-4-30-20(27)10-11-31-17-7-5-6-15(12-17)22(29-3)21-18-9-8-16(24)13-19(18)25(14(2)26)23(21)28/h5-9,12-13H,4,10-11H2,1-3H3. The Bertz CT molecular complexity index is 1060. The molecule has 1 heterocycles. The molecule has 2 aromatic rings. The molecule has 0 aliphatic carbocycles. The number of hydrogen-bond acceptors (Lipinski definition) is 6. The van der Waals surface area contributed by atoms with Crippen molar-refractivity contribution in [3.8, 4) is 5.75 Å². The van der Waals surface area contributed by atoms with Gasteiger partial charge >= 0.3 is 5.97 Å². The van der Waals surface area contributed by atoms with Crippen molar-refractivity contribution in [1.29, 1.82) is 0 Å². The average molecular weight is 427 g/mol. The smallest absolute Gasteiger partial charge is 0.309 e. The molecular weight excluding hydrogens is 405 g/mol. The number of esters is 1. The second kappa shape index (κ2) is 9.42. The Balaban J connectivity index is 1.97. The first-order valence-corrected chi connectivity index (χ1v) is 9.69. The van der Waals surface area contributed by atoms with E-state index in [-0.39, 0.29) is 36.0 Å². The van der Waals surface area contributed by atoms with Crippen molar-refractivity contribution in [1.82, 2.24) is 0 Å². The Kier molecular flexibility index (Phi) is 6.69. The summed E-state index contributed by atoms with van der Waals surface area (Å²) in [6, 6.07) is 10.6. The second-order valence-electron chi connectivity index (χ2n) is 6.66. The normalized spacial score (nSPS) is 14.2. The van der Waals surface area contributed by atoms with Crippen LogP contribution in [0.5, 0.6) is 5.75 Å². The van der Waals surface area contributed by atoms with Crippen LogP contribution in [0.1, 0.15) is 31.4 Å². The summed E-state index contributed by atoms with van der Waals surface area (Å²) in [5, 5.41) is 0. The van der Waals surface area contributed by atoms with Crippen molar-refractivity contribution in [2.45, 2.75) is 20.3 Å². The van der Waals surface area contributed by atoms with Crippen molar-refractivity contribution in [3.05, 3.63) is 59.4 Å². The molecule has 2 aromatic carbocycles. The number of benzene rings is 2. The monoisotopic (exact) mass is 427 g/mol. The summed E-state index contributed by atoms with van der Waals surface area (Å²) in [6.45, 7) is 3.39. The molecule has 0 atom stereocenters. The lowest BCUT2D eigenvalue weighted by atomic mass is 10.0. The molecule has 0 radical (unpaired) electrons. The minimum absolute atomic E-state index is 0.0985. The lowest BCUT2D eigenvalue weighted by Crippen LogP contribution is -2.31. The number of carbonyl (C=O) groups is 3. The average Bonchev–Trinajstić information content (AvgIpc) is 3.00. The number of imide groups is 1. The van der Waals surface area contributed by atoms with Gasteiger partial charge in [0.05, 0.1) is 38.0 Å². The third kappa shape index (κ3) is 4.58. The molecule has 3 rings (SSSR count). The maximum Gasteiger partial charge on any atom is 0.309 e. The van der Waals surface area contributed by atoms with Gasteiger partial charge in [-0.1, -0.05) is 12.1 Å². The number of hydrogen-bond donors (Lipinski definition) is 0. The van der Waals surface area contributed by atoms with E-state index in [4.69, 9.17) is 14.2 Å². The van der Waals surface area contributed by atoms with Gasteiger partial charge in [0.25, 0.3) is 5.91 Å². The molecule has 1 aliphatic heterocycles. The van der Waals surface area contributed by atoms with E-state index < -0.39 is 17.6 Å². The highest BCUT2D eigenvalue weighted by Crippen LogP contribution is 2.41. The number of anilines is 1. The van der Waals surface area contributed by atoms with Gasteiger partial charge in [-0.25, -0.2) is 9.29 Å². The molecule has 0 spiro atoms. The van der Waals surface area contributed by atoms with Crippen LogP contribution < -0.4 is 9.64 Å². The summed E-state index contributed by atoms with van der Waals surface area (Å²) in [4.78, 5) is 37.5. The topological polar surface area (TPSA) is 82.1 Å². The van der Waals surface area contributed by atoms with Gasteiger partial charge in [0.2, 0.25) is 5.91 Å². The minimum atomic E-state index is -0.599. The molecule has 2 amide bonds. The van der Waals surface area contributed by atoms with Gasteiger partial charge < -0.3 is 14.2 Å². The minimum Gasteiger partial charge on any atom is -0.495 e. The van der Waals surface area contributed by atoms with Gasteiger partial charge in [-0.05, 0) is 37.3 Å². The first-order valence-electron chi connectivity index (χ1n) is 9.69. The van der Waals surface area contributed by atoms with Crippen LogP contribution in [-0.4, -0.2) is 38.1 Å². The molecule has 8 heteroatoms. The fourth-order valence-corrected chi connectivity index (χ4v) is 3.35. The lowest BCUT2D eigenvalue weighted by Gasteiger charge is -2.13. The van der Waals surface area contributed by atoms with E-state index >= 15 is 0 Å². The van der Waals surface area contributed by atoms with Crippen molar-refractivity contribution in [2.75, 3.05) is 25.2 Å². The number of methoxy groups -OCH3 is 1. The molecule has 0 saturated heterocycles. The number of amides is 2. The molecule has 0 aromatic heterocycles. The maximum atomic E-state index is 13.8. The zero-order chi connectivity index (χ0) is 22.5. The van der Waals surface area contributed by atoms with Gasteiger partial charge in [0.15, 0.2) is 0 Å². The Morgan fingerprint density at radius 3 is 2.58 bits per heavy atom. The van der Waals surface area contributed by atoms with Crippen LogP contribution in [0.2, 0.25) is 0 Å². The van der Waals surface area contributed by atoms with Crippen molar-refractivity contribution >= 4 is 34.8 Å². The number of rotatable bonds is 7. The molecule has 31 heavy (non-hydrogen) atoms. The van der Waals surface area contributed by atoms with Crippen LogP contribution >= 0.6 is 0 Å². The van der Waals surface area contributed by atoms with E-state index in [9.17, 15) is 18.8 Å². The van der Waals surface area contributed by atoms with E-state index in [2.05, 4.69) is 0 Å². The molecule has 0 N–H and O–H groups in total. The fourth-order valence-electron chi connectivity index (χ4n) is 3.35. The van der Waals surface area contributed by atoms with Crippen molar-refractivity contribution in [2.24, 2.45) is 0 Å². The highest BCUT2D eigenvalue weighted by molar-refractivity contribution is 6.42. The molecule has 0 unspecified atom stereocenters. The van der Waals surface area contributed by atoms with Gasteiger partial charge in [-0.2, -0.15) is 0 Å². The highest BCUT2D eigenvalue weighted by atomic mass is 19.1. The first kappa shape index (κ1) is 22.0. The summed E-state index contributed by atoms with van der Waals surface area (Å²) in [6.07, 6.45) is 0.0985. The van der Waals surface area contributed by atoms with E-state index in [0.717, 1.165) is 11.0 Å². The third-order valence-corrected chi connectivity index (χ3v) is 4.61. The molecule has 162 valence electrons. The molecular formula is C23H22FNO6. The number of nitrogens with zero attached hydrogens (tertiary/aromatic N) is 1. The number of ether oxygens (including phenoxy) is 3. The lowest BCUT2D eigenvalue weighted by molar-refractivity contribution is -0.143. The maximum absolute atomic E-state index is 13.8. The Morgan fingerprint density at radius 2 is 1.90 bits per heavy atom. The van der Waals surface area contributed by atoms with E-state index in [0.29, 0.717) is 23.5 Å².